The number of ether oxygens (including phenoxy) is 1. The number of amides is 1. The number of hydrogen-bond acceptors (Lipinski definition) is 5. The molecular formula is C17H22N2O2S2. The van der Waals surface area contributed by atoms with Crippen LogP contribution in [0.3, 0.4) is 0 Å². The number of thiocarbonyl (C=S) groups is 1. The van der Waals surface area contributed by atoms with E-state index in [2.05, 4.69) is 19.0 Å². The van der Waals surface area contributed by atoms with Crippen LogP contribution < -0.4 is 4.74 Å². The van der Waals surface area contributed by atoms with E-state index in [0.29, 0.717) is 22.4 Å². The molecule has 0 spiro atoms. The summed E-state index contributed by atoms with van der Waals surface area (Å²) in [6.07, 6.45) is 2.87. The fourth-order valence-electron chi connectivity index (χ4n) is 2.16. The molecule has 1 fully saturated rings. The maximum Gasteiger partial charge on any atom is 0.266 e. The van der Waals surface area contributed by atoms with Gasteiger partial charge in [-0.15, -0.1) is 0 Å². The van der Waals surface area contributed by atoms with Crippen molar-refractivity contribution in [3.8, 4) is 5.75 Å². The lowest BCUT2D eigenvalue weighted by Gasteiger charge is -2.10. The van der Waals surface area contributed by atoms with Crippen LogP contribution in [-0.2, 0) is 4.79 Å². The van der Waals surface area contributed by atoms with Gasteiger partial charge >= 0.3 is 0 Å². The van der Waals surface area contributed by atoms with E-state index in [0.717, 1.165) is 24.3 Å². The average Bonchev–Trinajstić information content (AvgIpc) is 2.79. The zero-order valence-corrected chi connectivity index (χ0v) is 15.4. The molecule has 4 nitrogen and oxygen atoms in total. The van der Waals surface area contributed by atoms with E-state index in [1.807, 2.05) is 37.3 Å². The largest absolute Gasteiger partial charge is 0.494 e. The molecule has 1 aliphatic heterocycles. The first-order valence-electron chi connectivity index (χ1n) is 7.64. The predicted octanol–water partition coefficient (Wildman–Crippen LogP) is 3.24. The third-order valence-corrected chi connectivity index (χ3v) is 4.76. The van der Waals surface area contributed by atoms with E-state index < -0.39 is 0 Å². The maximum atomic E-state index is 12.2. The fourth-order valence-corrected chi connectivity index (χ4v) is 3.54. The minimum atomic E-state index is -0.00786. The number of rotatable bonds is 7. The molecule has 0 radical (unpaired) electrons. The molecular weight excluding hydrogens is 328 g/mol. The maximum absolute atomic E-state index is 12.2. The highest BCUT2D eigenvalue weighted by Crippen LogP contribution is 2.32. The van der Waals surface area contributed by atoms with Gasteiger partial charge in [-0.05, 0) is 51.2 Å². The molecule has 1 aromatic carbocycles. The van der Waals surface area contributed by atoms with Crippen LogP contribution >= 0.6 is 24.0 Å². The zero-order chi connectivity index (χ0) is 16.8. The van der Waals surface area contributed by atoms with Gasteiger partial charge in [-0.1, -0.05) is 36.1 Å². The van der Waals surface area contributed by atoms with Crippen LogP contribution in [0, 0.1) is 0 Å². The molecule has 1 heterocycles. The van der Waals surface area contributed by atoms with Crippen molar-refractivity contribution in [3.05, 3.63) is 34.7 Å². The molecule has 124 valence electrons. The summed E-state index contributed by atoms with van der Waals surface area (Å²) in [5.74, 6) is 0.841. The predicted molar refractivity (Wildman–Crippen MR) is 101 cm³/mol. The summed E-state index contributed by atoms with van der Waals surface area (Å²) in [6.45, 7) is 4.25. The van der Waals surface area contributed by atoms with Crippen molar-refractivity contribution in [2.45, 2.75) is 13.3 Å². The summed E-state index contributed by atoms with van der Waals surface area (Å²) in [7, 11) is 4.10. The van der Waals surface area contributed by atoms with Gasteiger partial charge in [0.05, 0.1) is 11.5 Å². The SMILES string of the molecule is CCN1C(=O)/C(=C/c2ccc(OCCCN(C)C)cc2)SC1=S. The van der Waals surface area contributed by atoms with Gasteiger partial charge in [0.15, 0.2) is 0 Å². The van der Waals surface area contributed by atoms with Crippen LogP contribution in [-0.4, -0.2) is 53.8 Å². The first-order chi connectivity index (χ1) is 11.0. The monoisotopic (exact) mass is 350 g/mol. The van der Waals surface area contributed by atoms with Crippen LogP contribution in [0.4, 0.5) is 0 Å². The molecule has 2 rings (SSSR count). The van der Waals surface area contributed by atoms with Gasteiger partial charge in [-0.3, -0.25) is 9.69 Å². The zero-order valence-electron chi connectivity index (χ0n) is 13.7. The van der Waals surface area contributed by atoms with Gasteiger partial charge in [-0.25, -0.2) is 0 Å². The molecule has 23 heavy (non-hydrogen) atoms. The van der Waals surface area contributed by atoms with Crippen molar-refractivity contribution < 1.29 is 9.53 Å². The number of carbonyl (C=O) groups excluding carboxylic acids is 1. The Bertz CT molecular complexity index is 597. The first kappa shape index (κ1) is 18.0. The molecule has 6 heteroatoms. The Hall–Kier alpha value is -1.37. The van der Waals surface area contributed by atoms with Crippen molar-refractivity contribution in [1.82, 2.24) is 9.80 Å². The highest BCUT2D eigenvalue weighted by molar-refractivity contribution is 8.26. The van der Waals surface area contributed by atoms with Gasteiger partial charge in [0.25, 0.3) is 5.91 Å². The van der Waals surface area contributed by atoms with E-state index >= 15 is 0 Å². The number of likely N-dealkylation sites (N-methyl/N-ethyl adjacent to an activating group) is 1. The second kappa shape index (κ2) is 8.47. The Balaban J connectivity index is 1.94. The van der Waals surface area contributed by atoms with Crippen molar-refractivity contribution >= 4 is 40.3 Å². The Kier molecular flexibility index (Phi) is 6.62. The molecule has 0 aliphatic carbocycles. The Morgan fingerprint density at radius 2 is 2.00 bits per heavy atom. The van der Waals surface area contributed by atoms with Crippen molar-refractivity contribution in [3.63, 3.8) is 0 Å². The topological polar surface area (TPSA) is 32.8 Å². The number of carbonyl (C=O) groups is 1. The molecule has 0 aromatic heterocycles. The minimum Gasteiger partial charge on any atom is -0.494 e. The minimum absolute atomic E-state index is 0.00786. The van der Waals surface area contributed by atoms with E-state index in [1.165, 1.54) is 11.8 Å². The third kappa shape index (κ3) is 5.06. The van der Waals surface area contributed by atoms with E-state index in [1.54, 1.807) is 4.90 Å². The third-order valence-electron chi connectivity index (χ3n) is 3.39. The Labute approximate surface area is 147 Å². The number of thioether (sulfide) groups is 1. The summed E-state index contributed by atoms with van der Waals surface area (Å²) in [6, 6.07) is 7.78. The summed E-state index contributed by atoms with van der Waals surface area (Å²) in [5.41, 5.74) is 0.974. The average molecular weight is 351 g/mol. The van der Waals surface area contributed by atoms with Gasteiger partial charge in [0.1, 0.15) is 10.1 Å². The molecule has 0 bridgehead atoms. The van der Waals surface area contributed by atoms with Crippen LogP contribution in [0.2, 0.25) is 0 Å². The highest BCUT2D eigenvalue weighted by Gasteiger charge is 2.30. The molecule has 0 atom stereocenters. The summed E-state index contributed by atoms with van der Waals surface area (Å²) < 4.78 is 6.33. The molecule has 0 N–H and O–H groups in total. The standard InChI is InChI=1S/C17H22N2O2S2/c1-4-19-16(20)15(23-17(19)22)12-13-6-8-14(9-7-13)21-11-5-10-18(2)3/h6-9,12H,4-5,10-11H2,1-3H3/b15-12-. The lowest BCUT2D eigenvalue weighted by atomic mass is 10.2. The lowest BCUT2D eigenvalue weighted by molar-refractivity contribution is -0.121. The van der Waals surface area contributed by atoms with Gasteiger partial charge in [0.2, 0.25) is 0 Å². The van der Waals surface area contributed by atoms with Crippen molar-refractivity contribution in [2.24, 2.45) is 0 Å². The number of nitrogens with zero attached hydrogens (tertiary/aromatic N) is 2. The van der Waals surface area contributed by atoms with Gasteiger partial charge in [-0.2, -0.15) is 0 Å². The highest BCUT2D eigenvalue weighted by atomic mass is 32.2. The van der Waals surface area contributed by atoms with E-state index in [9.17, 15) is 4.79 Å². The van der Waals surface area contributed by atoms with Crippen LogP contribution in [0.15, 0.2) is 29.2 Å². The second-order valence-corrected chi connectivity index (χ2v) is 7.18. The normalized spacial score (nSPS) is 16.7. The van der Waals surface area contributed by atoms with Gasteiger partial charge in [0, 0.05) is 13.1 Å². The summed E-state index contributed by atoms with van der Waals surface area (Å²) in [5, 5.41) is 0. The Morgan fingerprint density at radius 1 is 1.30 bits per heavy atom. The second-order valence-electron chi connectivity index (χ2n) is 5.50. The van der Waals surface area contributed by atoms with Crippen LogP contribution in [0.1, 0.15) is 18.9 Å². The van der Waals surface area contributed by atoms with Gasteiger partial charge < -0.3 is 9.64 Å². The lowest BCUT2D eigenvalue weighted by Crippen LogP contribution is -2.27. The molecule has 1 aromatic rings. The van der Waals surface area contributed by atoms with E-state index in [4.69, 9.17) is 17.0 Å². The van der Waals surface area contributed by atoms with Crippen molar-refractivity contribution in [2.75, 3.05) is 33.8 Å². The molecule has 0 saturated carbocycles. The van der Waals surface area contributed by atoms with Crippen molar-refractivity contribution in [1.29, 1.82) is 0 Å². The van der Waals surface area contributed by atoms with Crippen LogP contribution in [0.25, 0.3) is 6.08 Å². The number of benzene rings is 1. The number of hydrogen-bond donors (Lipinski definition) is 0. The first-order valence-corrected chi connectivity index (χ1v) is 8.86. The quantitative estimate of drug-likeness (QED) is 0.428. The smallest absolute Gasteiger partial charge is 0.266 e. The molecule has 1 aliphatic rings. The van der Waals surface area contributed by atoms with E-state index in [-0.39, 0.29) is 5.91 Å². The Morgan fingerprint density at radius 3 is 2.57 bits per heavy atom. The summed E-state index contributed by atoms with van der Waals surface area (Å²) in [4.78, 5) is 16.6. The molecule has 1 saturated heterocycles. The summed E-state index contributed by atoms with van der Waals surface area (Å²) >= 11 is 6.57. The fraction of sp³-hybridized carbons (Fsp3) is 0.412. The molecule has 1 amide bonds. The van der Waals surface area contributed by atoms with Crippen LogP contribution in [0.5, 0.6) is 5.75 Å². The molecule has 0 unspecified atom stereocenters.